The van der Waals surface area contributed by atoms with Gasteiger partial charge in [0.05, 0.1) is 9.82 Å². The predicted molar refractivity (Wildman–Crippen MR) is 91.2 cm³/mol. The minimum Gasteiger partial charge on any atom is -0.355 e. The van der Waals surface area contributed by atoms with Gasteiger partial charge in [0.15, 0.2) is 0 Å². The molecule has 10 heteroatoms. The molecule has 1 aromatic carbocycles. The molecule has 0 radical (unpaired) electrons. The number of nitro groups is 1. The third-order valence-corrected chi connectivity index (χ3v) is 5.81. The van der Waals surface area contributed by atoms with Crippen LogP contribution in [0.5, 0.6) is 0 Å². The van der Waals surface area contributed by atoms with E-state index in [2.05, 4.69) is 10.0 Å². The summed E-state index contributed by atoms with van der Waals surface area (Å²) in [5.74, 6) is -0.0394. The molecule has 1 amide bonds. The van der Waals surface area contributed by atoms with E-state index in [9.17, 15) is 23.3 Å². The first-order valence-electron chi connectivity index (χ1n) is 8.07. The summed E-state index contributed by atoms with van der Waals surface area (Å²) >= 11 is 0. The number of hydrogen-bond donors (Lipinski definition) is 3. The summed E-state index contributed by atoms with van der Waals surface area (Å²) in [7, 11) is -3.87. The maximum atomic E-state index is 12.1. The smallest absolute Gasteiger partial charge is 0.270 e. The molecule has 2 rings (SSSR count). The summed E-state index contributed by atoms with van der Waals surface area (Å²) in [5.41, 5.74) is 5.35. The lowest BCUT2D eigenvalue weighted by atomic mass is 9.95. The fraction of sp³-hybridized carbons (Fsp3) is 0.533. The van der Waals surface area contributed by atoms with Crippen LogP contribution in [-0.4, -0.2) is 38.9 Å². The van der Waals surface area contributed by atoms with Gasteiger partial charge < -0.3 is 11.1 Å². The molecule has 138 valence electrons. The molecule has 0 saturated heterocycles. The Kier molecular flexibility index (Phi) is 6.45. The Balaban J connectivity index is 1.85. The second-order valence-electron chi connectivity index (χ2n) is 5.98. The van der Waals surface area contributed by atoms with E-state index in [4.69, 9.17) is 5.73 Å². The molecule has 25 heavy (non-hydrogen) atoms. The molecule has 0 unspecified atom stereocenters. The molecular formula is C15H22N4O5S. The zero-order chi connectivity index (χ0) is 18.4. The van der Waals surface area contributed by atoms with E-state index >= 15 is 0 Å². The first-order valence-corrected chi connectivity index (χ1v) is 9.55. The van der Waals surface area contributed by atoms with Crippen LogP contribution in [0.4, 0.5) is 5.69 Å². The highest BCUT2D eigenvalue weighted by molar-refractivity contribution is 7.89. The van der Waals surface area contributed by atoms with Gasteiger partial charge in [0, 0.05) is 31.1 Å². The Morgan fingerprint density at radius 2 is 2.08 bits per heavy atom. The van der Waals surface area contributed by atoms with E-state index in [1.807, 2.05) is 0 Å². The van der Waals surface area contributed by atoms with Crippen molar-refractivity contribution in [2.45, 2.75) is 24.2 Å². The normalized spacial score (nSPS) is 20.4. The third-order valence-electron chi connectivity index (χ3n) is 4.35. The molecular weight excluding hydrogens is 348 g/mol. The summed E-state index contributed by atoms with van der Waals surface area (Å²) in [6.45, 7) is 0.606. The molecule has 1 aliphatic carbocycles. The van der Waals surface area contributed by atoms with Gasteiger partial charge in [-0.25, -0.2) is 13.1 Å². The average Bonchev–Trinajstić information content (AvgIpc) is 3.07. The Hall–Kier alpha value is -2.04. The van der Waals surface area contributed by atoms with E-state index in [1.54, 1.807) is 0 Å². The summed E-state index contributed by atoms with van der Waals surface area (Å²) in [6, 6.07) is 4.79. The van der Waals surface area contributed by atoms with Gasteiger partial charge in [0.25, 0.3) is 5.69 Å². The van der Waals surface area contributed by atoms with Crippen molar-refractivity contribution in [2.24, 2.45) is 17.6 Å². The van der Waals surface area contributed by atoms with Gasteiger partial charge in [-0.2, -0.15) is 0 Å². The molecule has 9 nitrogen and oxygen atoms in total. The third kappa shape index (κ3) is 4.97. The highest BCUT2D eigenvalue weighted by Gasteiger charge is 2.31. The number of nitro benzene ring substituents is 1. The van der Waals surface area contributed by atoms with Crippen LogP contribution in [0.25, 0.3) is 0 Å². The molecule has 2 atom stereocenters. The number of rotatable bonds is 8. The van der Waals surface area contributed by atoms with E-state index in [1.165, 1.54) is 18.2 Å². The summed E-state index contributed by atoms with van der Waals surface area (Å²) < 4.78 is 26.6. The van der Waals surface area contributed by atoms with Crippen LogP contribution >= 0.6 is 0 Å². The summed E-state index contributed by atoms with van der Waals surface area (Å²) in [4.78, 5) is 22.0. The zero-order valence-corrected chi connectivity index (χ0v) is 14.5. The van der Waals surface area contributed by atoms with Crippen molar-refractivity contribution in [1.82, 2.24) is 10.0 Å². The van der Waals surface area contributed by atoms with Gasteiger partial charge in [0.2, 0.25) is 15.9 Å². The van der Waals surface area contributed by atoms with Crippen LogP contribution in [0.1, 0.15) is 19.3 Å². The minimum atomic E-state index is -3.87. The van der Waals surface area contributed by atoms with E-state index in [0.717, 1.165) is 25.3 Å². The number of non-ortho nitro benzene ring substituents is 1. The lowest BCUT2D eigenvalue weighted by Crippen LogP contribution is -2.39. The number of benzene rings is 1. The van der Waals surface area contributed by atoms with Gasteiger partial charge in [-0.15, -0.1) is 0 Å². The van der Waals surface area contributed by atoms with Crippen LogP contribution in [0.3, 0.4) is 0 Å². The molecule has 0 heterocycles. The molecule has 0 aromatic heterocycles. The number of carbonyl (C=O) groups excluding carboxylic acids is 1. The molecule has 0 aliphatic heterocycles. The number of hydrogen-bond acceptors (Lipinski definition) is 6. The number of nitrogens with two attached hydrogens (primary N) is 1. The van der Waals surface area contributed by atoms with Crippen LogP contribution in [0, 0.1) is 22.0 Å². The van der Waals surface area contributed by atoms with Crippen molar-refractivity contribution >= 4 is 21.6 Å². The number of nitrogens with zero attached hydrogens (tertiary/aromatic N) is 1. The zero-order valence-electron chi connectivity index (χ0n) is 13.7. The number of carbonyl (C=O) groups is 1. The van der Waals surface area contributed by atoms with Crippen LogP contribution < -0.4 is 15.8 Å². The Labute approximate surface area is 146 Å². The molecule has 1 aliphatic rings. The summed E-state index contributed by atoms with van der Waals surface area (Å²) in [6.07, 6.45) is 2.71. The van der Waals surface area contributed by atoms with Crippen LogP contribution in [0.2, 0.25) is 0 Å². The van der Waals surface area contributed by atoms with Crippen molar-refractivity contribution < 1.29 is 18.1 Å². The van der Waals surface area contributed by atoms with Crippen molar-refractivity contribution in [1.29, 1.82) is 0 Å². The Bertz CT molecular complexity index is 737. The van der Waals surface area contributed by atoms with E-state index in [0.29, 0.717) is 6.54 Å². The number of sulfonamides is 1. The van der Waals surface area contributed by atoms with Crippen molar-refractivity contribution in [2.75, 3.05) is 19.6 Å². The molecule has 0 spiro atoms. The highest BCUT2D eigenvalue weighted by atomic mass is 32.2. The number of nitrogens with one attached hydrogen (secondary N) is 2. The Morgan fingerprint density at radius 3 is 2.76 bits per heavy atom. The van der Waals surface area contributed by atoms with Crippen molar-refractivity contribution in [3.8, 4) is 0 Å². The minimum absolute atomic E-state index is 0.00320. The van der Waals surface area contributed by atoms with Gasteiger partial charge >= 0.3 is 0 Å². The molecule has 1 saturated carbocycles. The fourth-order valence-electron chi connectivity index (χ4n) is 3.01. The molecule has 1 fully saturated rings. The van der Waals surface area contributed by atoms with Gasteiger partial charge in [0.1, 0.15) is 0 Å². The quantitative estimate of drug-likeness (QED) is 0.342. The van der Waals surface area contributed by atoms with Gasteiger partial charge in [-0.3, -0.25) is 14.9 Å². The average molecular weight is 370 g/mol. The molecule has 1 aromatic rings. The lowest BCUT2D eigenvalue weighted by molar-refractivity contribution is -0.385. The van der Waals surface area contributed by atoms with Crippen LogP contribution in [0.15, 0.2) is 29.2 Å². The maximum Gasteiger partial charge on any atom is 0.270 e. The first kappa shape index (κ1) is 19.3. The predicted octanol–water partition coefficient (Wildman–Crippen LogP) is 0.364. The largest absolute Gasteiger partial charge is 0.355 e. The second kappa shape index (κ2) is 8.37. The topological polar surface area (TPSA) is 144 Å². The van der Waals surface area contributed by atoms with Crippen molar-refractivity contribution in [3.63, 3.8) is 0 Å². The van der Waals surface area contributed by atoms with Gasteiger partial charge in [-0.05, 0) is 31.4 Å². The van der Waals surface area contributed by atoms with Gasteiger partial charge in [-0.1, -0.05) is 12.5 Å². The van der Waals surface area contributed by atoms with Crippen molar-refractivity contribution in [3.05, 3.63) is 34.4 Å². The first-order chi connectivity index (χ1) is 11.8. The van der Waals surface area contributed by atoms with E-state index < -0.39 is 14.9 Å². The monoisotopic (exact) mass is 370 g/mol. The second-order valence-corrected chi connectivity index (χ2v) is 7.74. The number of amides is 1. The SMILES string of the molecule is NC[C@H]1CCC[C@H]1C(=O)NCCNS(=O)(=O)c1cccc([N+](=O)[O-])c1. The Morgan fingerprint density at radius 1 is 1.32 bits per heavy atom. The maximum absolute atomic E-state index is 12.1. The standard InChI is InChI=1S/C15H22N4O5S/c16-10-11-3-1-6-14(11)15(20)17-7-8-18-25(23,24)13-5-2-4-12(9-13)19(21)22/h2,4-5,9,11,14,18H,1,3,6-8,10,16H2,(H,17,20)/t11-,14-/m1/s1. The van der Waals surface area contributed by atoms with Crippen LogP contribution in [-0.2, 0) is 14.8 Å². The fourth-order valence-corrected chi connectivity index (χ4v) is 4.08. The molecule has 0 bridgehead atoms. The molecule has 4 N–H and O–H groups in total. The summed E-state index contributed by atoms with van der Waals surface area (Å²) in [5, 5.41) is 13.4. The highest BCUT2D eigenvalue weighted by Crippen LogP contribution is 2.30. The lowest BCUT2D eigenvalue weighted by Gasteiger charge is -2.17. The van der Waals surface area contributed by atoms with E-state index in [-0.39, 0.29) is 41.4 Å².